The lowest BCUT2D eigenvalue weighted by Crippen LogP contribution is -2.52. The fourth-order valence-electron chi connectivity index (χ4n) is 2.28. The number of halogens is 1. The Morgan fingerprint density at radius 2 is 2.00 bits per heavy atom. The van der Waals surface area contributed by atoms with Crippen LogP contribution in [0.1, 0.15) is 20.3 Å². The van der Waals surface area contributed by atoms with Gasteiger partial charge in [-0.05, 0) is 48.3 Å². The maximum Gasteiger partial charge on any atom is 0.328 e. The summed E-state index contributed by atoms with van der Waals surface area (Å²) in [5.74, 6) is -2.86. The SMILES string of the molecule is CC(C)(NC(=O)C1CCN(c2ccccc2Br)C1=O)C(=O)O. The molecule has 1 aliphatic heterocycles. The number of carboxylic acids is 1. The minimum absolute atomic E-state index is 0.314. The van der Waals surface area contributed by atoms with Gasteiger partial charge in [-0.25, -0.2) is 4.79 Å². The molecule has 22 heavy (non-hydrogen) atoms. The van der Waals surface area contributed by atoms with Crippen molar-refractivity contribution in [3.63, 3.8) is 0 Å². The van der Waals surface area contributed by atoms with E-state index in [1.807, 2.05) is 18.2 Å². The summed E-state index contributed by atoms with van der Waals surface area (Å²) in [6.45, 7) is 3.20. The van der Waals surface area contributed by atoms with Gasteiger partial charge >= 0.3 is 5.97 Å². The molecule has 0 aromatic heterocycles. The quantitative estimate of drug-likeness (QED) is 0.793. The summed E-state index contributed by atoms with van der Waals surface area (Å²) in [6, 6.07) is 7.27. The Hall–Kier alpha value is -1.89. The third-order valence-corrected chi connectivity index (χ3v) is 4.31. The molecule has 1 aliphatic rings. The van der Waals surface area contributed by atoms with E-state index in [4.69, 9.17) is 5.11 Å². The van der Waals surface area contributed by atoms with Crippen LogP contribution in [0.2, 0.25) is 0 Å². The highest BCUT2D eigenvalue weighted by Gasteiger charge is 2.41. The van der Waals surface area contributed by atoms with Crippen LogP contribution in [0, 0.1) is 5.92 Å². The summed E-state index contributed by atoms with van der Waals surface area (Å²) in [4.78, 5) is 37.3. The lowest BCUT2D eigenvalue weighted by atomic mass is 10.0. The van der Waals surface area contributed by atoms with Crippen LogP contribution < -0.4 is 10.2 Å². The Labute approximate surface area is 136 Å². The minimum Gasteiger partial charge on any atom is -0.480 e. The van der Waals surface area contributed by atoms with Gasteiger partial charge in [0.1, 0.15) is 11.5 Å². The second-order valence-corrected chi connectivity index (χ2v) is 6.56. The number of carbonyl (C=O) groups excluding carboxylic acids is 2. The van der Waals surface area contributed by atoms with E-state index in [1.54, 1.807) is 11.0 Å². The smallest absolute Gasteiger partial charge is 0.328 e. The maximum absolute atomic E-state index is 12.5. The minimum atomic E-state index is -1.40. The first-order valence-electron chi connectivity index (χ1n) is 6.85. The predicted molar refractivity (Wildman–Crippen MR) is 84.5 cm³/mol. The summed E-state index contributed by atoms with van der Waals surface area (Å²) >= 11 is 3.39. The molecule has 1 aromatic rings. The first kappa shape index (κ1) is 16.5. The lowest BCUT2D eigenvalue weighted by Gasteiger charge is -2.23. The number of nitrogens with one attached hydrogen (secondary N) is 1. The number of carbonyl (C=O) groups is 3. The molecule has 0 spiro atoms. The predicted octanol–water partition coefficient (Wildman–Crippen LogP) is 1.78. The van der Waals surface area contributed by atoms with Gasteiger partial charge in [0.25, 0.3) is 0 Å². The molecule has 0 aliphatic carbocycles. The van der Waals surface area contributed by atoms with Gasteiger partial charge in [-0.3, -0.25) is 9.59 Å². The van der Waals surface area contributed by atoms with E-state index in [0.717, 1.165) is 4.47 Å². The van der Waals surface area contributed by atoms with Crippen molar-refractivity contribution in [1.82, 2.24) is 5.32 Å². The number of rotatable bonds is 4. The molecule has 1 aromatic carbocycles. The van der Waals surface area contributed by atoms with Crippen molar-refractivity contribution in [3.05, 3.63) is 28.7 Å². The molecule has 1 unspecified atom stereocenters. The van der Waals surface area contributed by atoms with E-state index in [2.05, 4.69) is 21.2 Å². The van der Waals surface area contributed by atoms with Crippen molar-refractivity contribution in [3.8, 4) is 0 Å². The van der Waals surface area contributed by atoms with Gasteiger partial charge in [0.15, 0.2) is 0 Å². The third-order valence-electron chi connectivity index (χ3n) is 3.64. The van der Waals surface area contributed by atoms with Gasteiger partial charge in [0, 0.05) is 11.0 Å². The van der Waals surface area contributed by atoms with Crippen molar-refractivity contribution < 1.29 is 19.5 Å². The lowest BCUT2D eigenvalue weighted by molar-refractivity contribution is -0.147. The third kappa shape index (κ3) is 3.14. The molecule has 1 saturated heterocycles. The number of hydrogen-bond donors (Lipinski definition) is 2. The number of nitrogens with zero attached hydrogens (tertiary/aromatic N) is 1. The summed E-state index contributed by atoms with van der Waals surface area (Å²) in [5.41, 5.74) is -0.696. The van der Waals surface area contributed by atoms with Crippen LogP contribution in [-0.2, 0) is 14.4 Å². The number of anilines is 1. The molecule has 2 rings (SSSR count). The number of amides is 2. The van der Waals surface area contributed by atoms with Gasteiger partial charge in [-0.1, -0.05) is 12.1 Å². The van der Waals surface area contributed by atoms with Crippen LogP contribution in [0.25, 0.3) is 0 Å². The van der Waals surface area contributed by atoms with Gasteiger partial charge in [-0.2, -0.15) is 0 Å². The molecule has 6 nitrogen and oxygen atoms in total. The fourth-order valence-corrected chi connectivity index (χ4v) is 2.78. The normalized spacial score (nSPS) is 18.4. The Morgan fingerprint density at radius 3 is 2.59 bits per heavy atom. The molecular formula is C15H17BrN2O4. The highest BCUT2D eigenvalue weighted by atomic mass is 79.9. The highest BCUT2D eigenvalue weighted by Crippen LogP contribution is 2.31. The largest absolute Gasteiger partial charge is 0.480 e. The molecule has 118 valence electrons. The second-order valence-electron chi connectivity index (χ2n) is 5.70. The van der Waals surface area contributed by atoms with Crippen molar-refractivity contribution in [2.75, 3.05) is 11.4 Å². The van der Waals surface area contributed by atoms with Crippen LogP contribution in [0.15, 0.2) is 28.7 Å². The molecule has 2 N–H and O–H groups in total. The summed E-state index contributed by atoms with van der Waals surface area (Å²) in [6.07, 6.45) is 0.363. The van der Waals surface area contributed by atoms with Crippen LogP contribution in [-0.4, -0.2) is 35.0 Å². The van der Waals surface area contributed by atoms with Gasteiger partial charge in [0.05, 0.1) is 5.69 Å². The van der Waals surface area contributed by atoms with Gasteiger partial charge in [-0.15, -0.1) is 0 Å². The molecule has 1 heterocycles. The maximum atomic E-state index is 12.5. The standard InChI is InChI=1S/C15H17BrN2O4/c1-15(2,14(21)22)17-12(19)9-7-8-18(13(9)20)11-6-4-3-5-10(11)16/h3-6,9H,7-8H2,1-2H3,(H,17,19)(H,21,22). The first-order chi connectivity index (χ1) is 10.2. The van der Waals surface area contributed by atoms with Crippen molar-refractivity contribution in [2.24, 2.45) is 5.92 Å². The summed E-state index contributed by atoms with van der Waals surface area (Å²) in [7, 11) is 0. The Bertz CT molecular complexity index is 630. The van der Waals surface area contributed by atoms with Crippen LogP contribution in [0.4, 0.5) is 5.69 Å². The van der Waals surface area contributed by atoms with Crippen molar-refractivity contribution in [1.29, 1.82) is 0 Å². The Balaban J connectivity index is 2.14. The average Bonchev–Trinajstić information content (AvgIpc) is 2.80. The molecule has 2 amide bonds. The van der Waals surface area contributed by atoms with E-state index in [1.165, 1.54) is 13.8 Å². The number of benzene rings is 1. The molecule has 0 radical (unpaired) electrons. The van der Waals surface area contributed by atoms with E-state index in [9.17, 15) is 14.4 Å². The molecule has 0 bridgehead atoms. The number of para-hydroxylation sites is 1. The van der Waals surface area contributed by atoms with Crippen LogP contribution >= 0.6 is 15.9 Å². The Morgan fingerprint density at radius 1 is 1.36 bits per heavy atom. The zero-order chi connectivity index (χ0) is 16.5. The topological polar surface area (TPSA) is 86.7 Å². The summed E-state index contributed by atoms with van der Waals surface area (Å²) < 4.78 is 0.773. The summed E-state index contributed by atoms with van der Waals surface area (Å²) in [5, 5.41) is 11.5. The molecule has 0 saturated carbocycles. The van der Waals surface area contributed by atoms with Crippen molar-refractivity contribution in [2.45, 2.75) is 25.8 Å². The number of carboxylic acid groups (broad SMARTS) is 1. The van der Waals surface area contributed by atoms with Gasteiger partial charge < -0.3 is 15.3 Å². The zero-order valence-electron chi connectivity index (χ0n) is 12.3. The number of aliphatic carboxylic acids is 1. The molecular weight excluding hydrogens is 352 g/mol. The molecule has 7 heteroatoms. The fraction of sp³-hybridized carbons (Fsp3) is 0.400. The zero-order valence-corrected chi connectivity index (χ0v) is 13.9. The van der Waals surface area contributed by atoms with Crippen LogP contribution in [0.3, 0.4) is 0 Å². The van der Waals surface area contributed by atoms with Crippen molar-refractivity contribution >= 4 is 39.4 Å². The van der Waals surface area contributed by atoms with E-state index in [-0.39, 0.29) is 5.91 Å². The second kappa shape index (κ2) is 6.08. The average molecular weight is 369 g/mol. The van der Waals surface area contributed by atoms with E-state index in [0.29, 0.717) is 18.7 Å². The first-order valence-corrected chi connectivity index (χ1v) is 7.64. The number of hydrogen-bond acceptors (Lipinski definition) is 3. The van der Waals surface area contributed by atoms with Crippen LogP contribution in [0.5, 0.6) is 0 Å². The molecule has 1 atom stereocenters. The monoisotopic (exact) mass is 368 g/mol. The highest BCUT2D eigenvalue weighted by molar-refractivity contribution is 9.10. The Kier molecular flexibility index (Phi) is 4.55. The molecule has 1 fully saturated rings. The van der Waals surface area contributed by atoms with Gasteiger partial charge in [0.2, 0.25) is 11.8 Å². The van der Waals surface area contributed by atoms with E-state index < -0.39 is 23.3 Å². The van der Waals surface area contributed by atoms with E-state index >= 15 is 0 Å².